The maximum Gasteiger partial charge on any atom is 0.188 e. The van der Waals surface area contributed by atoms with Crippen LogP contribution < -0.4 is 10.1 Å². The van der Waals surface area contributed by atoms with Gasteiger partial charge in [-0.25, -0.2) is 4.99 Å². The van der Waals surface area contributed by atoms with E-state index >= 15 is 0 Å². The Balaban J connectivity index is 1.81. The zero-order valence-electron chi connectivity index (χ0n) is 10.6. The van der Waals surface area contributed by atoms with Gasteiger partial charge in [-0.15, -0.1) is 0 Å². The van der Waals surface area contributed by atoms with E-state index in [9.17, 15) is 0 Å². The Morgan fingerprint density at radius 2 is 2.28 bits per heavy atom. The highest BCUT2D eigenvalue weighted by atomic mass is 16.5. The number of para-hydroxylation sites is 1. The second-order valence-electron chi connectivity index (χ2n) is 4.73. The first-order valence-electron chi connectivity index (χ1n) is 6.42. The van der Waals surface area contributed by atoms with Crippen LogP contribution in [0, 0.1) is 5.92 Å². The van der Waals surface area contributed by atoms with Crippen LogP contribution in [0.1, 0.15) is 18.0 Å². The van der Waals surface area contributed by atoms with E-state index in [1.165, 1.54) is 0 Å². The van der Waals surface area contributed by atoms with E-state index in [4.69, 9.17) is 14.5 Å². The Morgan fingerprint density at radius 1 is 1.39 bits per heavy atom. The van der Waals surface area contributed by atoms with Gasteiger partial charge >= 0.3 is 0 Å². The van der Waals surface area contributed by atoms with Crippen LogP contribution in [0.5, 0.6) is 5.75 Å². The smallest absolute Gasteiger partial charge is 0.188 e. The van der Waals surface area contributed by atoms with E-state index in [1.807, 2.05) is 18.2 Å². The van der Waals surface area contributed by atoms with Crippen molar-refractivity contribution < 1.29 is 9.47 Å². The minimum Gasteiger partial charge on any atom is -0.496 e. The predicted molar refractivity (Wildman–Crippen MR) is 70.1 cm³/mol. The summed E-state index contributed by atoms with van der Waals surface area (Å²) in [5.74, 6) is 2.25. The fraction of sp³-hybridized carbons (Fsp3) is 0.500. The minimum atomic E-state index is 0.0803. The molecule has 4 nitrogen and oxygen atoms in total. The molecule has 0 spiro atoms. The van der Waals surface area contributed by atoms with Gasteiger partial charge in [0, 0.05) is 18.0 Å². The normalized spacial score (nSPS) is 26.8. The first-order valence-corrected chi connectivity index (χ1v) is 6.42. The number of ether oxygens (including phenoxy) is 2. The first-order chi connectivity index (χ1) is 8.88. The summed E-state index contributed by atoms with van der Waals surface area (Å²) >= 11 is 0. The summed E-state index contributed by atoms with van der Waals surface area (Å²) in [6.45, 7) is 2.68. The van der Waals surface area contributed by atoms with Crippen molar-refractivity contribution in [1.82, 2.24) is 5.32 Å². The van der Waals surface area contributed by atoms with E-state index in [1.54, 1.807) is 7.11 Å². The molecule has 2 heterocycles. The molecule has 1 aromatic carbocycles. The highest BCUT2D eigenvalue weighted by Crippen LogP contribution is 2.32. The van der Waals surface area contributed by atoms with Gasteiger partial charge in [0.15, 0.2) is 5.90 Å². The Morgan fingerprint density at radius 3 is 3.06 bits per heavy atom. The van der Waals surface area contributed by atoms with E-state index in [2.05, 4.69) is 11.4 Å². The van der Waals surface area contributed by atoms with E-state index in [0.29, 0.717) is 12.5 Å². The van der Waals surface area contributed by atoms with Gasteiger partial charge in [0.2, 0.25) is 0 Å². The summed E-state index contributed by atoms with van der Waals surface area (Å²) < 4.78 is 11.1. The number of methoxy groups -OCH3 is 1. The molecule has 2 aliphatic rings. The number of benzene rings is 1. The molecule has 0 saturated carbocycles. The molecule has 0 aliphatic carbocycles. The molecule has 2 unspecified atom stereocenters. The van der Waals surface area contributed by atoms with Crippen molar-refractivity contribution in [2.45, 2.75) is 12.5 Å². The van der Waals surface area contributed by atoms with Gasteiger partial charge in [-0.2, -0.15) is 0 Å². The third-order valence-corrected chi connectivity index (χ3v) is 3.58. The molecule has 0 aromatic heterocycles. The monoisotopic (exact) mass is 246 g/mol. The molecule has 0 amide bonds. The Kier molecular flexibility index (Phi) is 3.19. The lowest BCUT2D eigenvalue weighted by atomic mass is 10.1. The number of aliphatic imine (C=N–C) groups is 1. The van der Waals surface area contributed by atoms with Crippen LogP contribution in [0.2, 0.25) is 0 Å². The lowest BCUT2D eigenvalue weighted by Gasteiger charge is -2.10. The highest BCUT2D eigenvalue weighted by molar-refractivity contribution is 5.81. The summed E-state index contributed by atoms with van der Waals surface area (Å²) in [5, 5.41) is 3.34. The SMILES string of the molecule is COc1ccccc1C1COC(C2CCNC2)=N1. The molecule has 1 N–H and O–H groups in total. The fourth-order valence-corrected chi connectivity index (χ4v) is 2.58. The first kappa shape index (κ1) is 11.5. The number of nitrogens with zero attached hydrogens (tertiary/aromatic N) is 1. The van der Waals surface area contributed by atoms with E-state index in [-0.39, 0.29) is 6.04 Å². The third kappa shape index (κ3) is 2.08. The van der Waals surface area contributed by atoms with Gasteiger partial charge < -0.3 is 14.8 Å². The Hall–Kier alpha value is -1.55. The quantitative estimate of drug-likeness (QED) is 0.884. The van der Waals surface area contributed by atoms with Crippen LogP contribution in [0.4, 0.5) is 0 Å². The Labute approximate surface area is 107 Å². The molecule has 2 aliphatic heterocycles. The third-order valence-electron chi connectivity index (χ3n) is 3.58. The van der Waals surface area contributed by atoms with Crippen LogP contribution in [0.25, 0.3) is 0 Å². The largest absolute Gasteiger partial charge is 0.496 e. The molecule has 2 atom stereocenters. The van der Waals surface area contributed by atoms with Crippen LogP contribution in [-0.2, 0) is 4.74 Å². The second-order valence-corrected chi connectivity index (χ2v) is 4.73. The van der Waals surface area contributed by atoms with Crippen LogP contribution in [0.15, 0.2) is 29.3 Å². The summed E-state index contributed by atoms with van der Waals surface area (Å²) in [4.78, 5) is 4.72. The summed E-state index contributed by atoms with van der Waals surface area (Å²) in [6.07, 6.45) is 1.12. The highest BCUT2D eigenvalue weighted by Gasteiger charge is 2.29. The van der Waals surface area contributed by atoms with Gasteiger partial charge in [0.05, 0.1) is 7.11 Å². The molecule has 18 heavy (non-hydrogen) atoms. The molecule has 1 fully saturated rings. The topological polar surface area (TPSA) is 42.9 Å². The van der Waals surface area contributed by atoms with Crippen LogP contribution in [0.3, 0.4) is 0 Å². The van der Waals surface area contributed by atoms with Gasteiger partial charge in [-0.05, 0) is 19.0 Å². The van der Waals surface area contributed by atoms with Crippen molar-refractivity contribution >= 4 is 5.90 Å². The van der Waals surface area contributed by atoms with E-state index < -0.39 is 0 Å². The van der Waals surface area contributed by atoms with Crippen molar-refractivity contribution in [3.8, 4) is 5.75 Å². The van der Waals surface area contributed by atoms with E-state index in [0.717, 1.165) is 36.7 Å². The maximum atomic E-state index is 5.76. The summed E-state index contributed by atoms with van der Waals surface area (Å²) in [7, 11) is 1.69. The second kappa shape index (κ2) is 4.98. The molecular weight excluding hydrogens is 228 g/mol. The zero-order chi connectivity index (χ0) is 12.4. The Bertz CT molecular complexity index is 453. The number of rotatable bonds is 3. The minimum absolute atomic E-state index is 0.0803. The van der Waals surface area contributed by atoms with Gasteiger partial charge in [0.1, 0.15) is 18.4 Å². The molecule has 1 aromatic rings. The molecule has 0 radical (unpaired) electrons. The van der Waals surface area contributed by atoms with Crippen molar-refractivity contribution in [1.29, 1.82) is 0 Å². The van der Waals surface area contributed by atoms with Gasteiger partial charge in [-0.3, -0.25) is 0 Å². The summed E-state index contributed by atoms with van der Waals surface area (Å²) in [5.41, 5.74) is 1.11. The predicted octanol–water partition coefficient (Wildman–Crippen LogP) is 1.77. The maximum absolute atomic E-state index is 5.76. The molecule has 1 saturated heterocycles. The van der Waals surface area contributed by atoms with Crippen molar-refractivity contribution in [3.05, 3.63) is 29.8 Å². The lowest BCUT2D eigenvalue weighted by Crippen LogP contribution is -2.17. The van der Waals surface area contributed by atoms with Gasteiger partial charge in [0.25, 0.3) is 0 Å². The van der Waals surface area contributed by atoms with Crippen molar-refractivity contribution in [2.24, 2.45) is 10.9 Å². The van der Waals surface area contributed by atoms with Crippen molar-refractivity contribution in [2.75, 3.05) is 26.8 Å². The molecular formula is C14H18N2O2. The summed E-state index contributed by atoms with van der Waals surface area (Å²) in [6, 6.07) is 8.11. The van der Waals surface area contributed by atoms with Gasteiger partial charge in [-0.1, -0.05) is 18.2 Å². The standard InChI is InChI=1S/C14H18N2O2/c1-17-13-5-3-2-4-11(13)12-9-18-14(16-12)10-6-7-15-8-10/h2-5,10,12,15H,6-9H2,1H3. The fourth-order valence-electron chi connectivity index (χ4n) is 2.58. The molecule has 4 heteroatoms. The molecule has 0 bridgehead atoms. The average molecular weight is 246 g/mol. The number of nitrogens with one attached hydrogen (secondary N) is 1. The lowest BCUT2D eigenvalue weighted by molar-refractivity contribution is 0.298. The molecule has 3 rings (SSSR count). The molecule has 96 valence electrons. The van der Waals surface area contributed by atoms with Crippen LogP contribution in [-0.4, -0.2) is 32.7 Å². The average Bonchev–Trinajstić information content (AvgIpc) is 3.09. The zero-order valence-corrected chi connectivity index (χ0v) is 10.6. The van der Waals surface area contributed by atoms with Crippen LogP contribution >= 0.6 is 0 Å². The number of hydrogen-bond acceptors (Lipinski definition) is 4. The van der Waals surface area contributed by atoms with Crippen molar-refractivity contribution in [3.63, 3.8) is 0 Å². The number of hydrogen-bond donors (Lipinski definition) is 1.